The molecule has 4 rings (SSSR count). The molecule has 14 heteroatoms. The predicted molar refractivity (Wildman–Crippen MR) is 160 cm³/mol. The molecule has 1 aromatic carbocycles. The van der Waals surface area contributed by atoms with E-state index in [9.17, 15) is 14.4 Å². The summed E-state index contributed by atoms with van der Waals surface area (Å²) in [5.41, 5.74) is 12.1. The number of anilines is 1. The zero-order valence-corrected chi connectivity index (χ0v) is 24.5. The first-order valence-electron chi connectivity index (χ1n) is 13.6. The molecule has 2 saturated heterocycles. The lowest BCUT2D eigenvalue weighted by Gasteiger charge is -2.35. The molecule has 0 unspecified atom stereocenters. The molecule has 0 atom stereocenters. The summed E-state index contributed by atoms with van der Waals surface area (Å²) in [6.07, 6.45) is 3.72. The van der Waals surface area contributed by atoms with Gasteiger partial charge < -0.3 is 26.6 Å². The topological polar surface area (TPSA) is 179 Å². The number of hydrogen-bond acceptors (Lipinski definition) is 7. The van der Waals surface area contributed by atoms with Crippen molar-refractivity contribution in [3.8, 4) is 5.69 Å². The van der Waals surface area contributed by atoms with E-state index in [1.807, 2.05) is 38.1 Å². The number of piperazine rings is 1. The van der Waals surface area contributed by atoms with Crippen LogP contribution in [0.5, 0.6) is 0 Å². The lowest BCUT2D eigenvalue weighted by atomic mass is 10.0. The van der Waals surface area contributed by atoms with Crippen LogP contribution >= 0.6 is 12.4 Å². The highest BCUT2D eigenvalue weighted by molar-refractivity contribution is 5.88. The molecule has 0 saturated carbocycles. The Labute approximate surface area is 246 Å². The molecule has 13 nitrogen and oxygen atoms in total. The molecule has 3 heterocycles. The van der Waals surface area contributed by atoms with E-state index >= 15 is 0 Å². The number of piperidine rings is 1. The van der Waals surface area contributed by atoms with E-state index in [-0.39, 0.29) is 48.6 Å². The first kappa shape index (κ1) is 31.8. The lowest BCUT2D eigenvalue weighted by molar-refractivity contribution is -0.133. The zero-order valence-electron chi connectivity index (χ0n) is 23.6. The van der Waals surface area contributed by atoms with Crippen molar-refractivity contribution in [2.24, 2.45) is 11.5 Å². The van der Waals surface area contributed by atoms with Crippen LogP contribution in [-0.4, -0.2) is 93.0 Å². The summed E-state index contributed by atoms with van der Waals surface area (Å²) in [7, 11) is 0. The number of nitrogens with two attached hydrogens (primary N) is 2. The molecule has 3 amide bonds. The number of carbonyl (C=O) groups excluding carboxylic acids is 2. The van der Waals surface area contributed by atoms with Crippen molar-refractivity contribution in [1.82, 2.24) is 29.6 Å². The van der Waals surface area contributed by atoms with Crippen LogP contribution in [0, 0.1) is 5.41 Å². The number of hydrogen-bond donors (Lipinski definition) is 5. The molecule has 0 bridgehead atoms. The molecule has 2 fully saturated rings. The van der Waals surface area contributed by atoms with Crippen LogP contribution in [0.15, 0.2) is 41.3 Å². The van der Waals surface area contributed by atoms with Crippen LogP contribution in [0.25, 0.3) is 5.69 Å². The highest BCUT2D eigenvalue weighted by Crippen LogP contribution is 2.16. The summed E-state index contributed by atoms with van der Waals surface area (Å²) >= 11 is 0. The number of carbonyl (C=O) groups is 2. The number of amides is 3. The SMILES string of the molecule is CC(C)(N)CC(=O)N1CCN(C(=O)Nc2ccn(-c3ccc(CN4CCC(NC(=N)N)CC4)cc3)c(=O)n2)CC1.Cl. The Morgan fingerprint density at radius 3 is 2.20 bits per heavy atom. The van der Waals surface area contributed by atoms with Crippen molar-refractivity contribution in [3.05, 3.63) is 52.6 Å². The normalized spacial score (nSPS) is 16.6. The van der Waals surface area contributed by atoms with Crippen molar-refractivity contribution in [1.29, 1.82) is 5.41 Å². The fraction of sp³-hybridized carbons (Fsp3) is 0.519. The lowest BCUT2D eigenvalue weighted by Crippen LogP contribution is -2.53. The van der Waals surface area contributed by atoms with Crippen LogP contribution in [0.1, 0.15) is 38.7 Å². The number of aromatic nitrogens is 2. The van der Waals surface area contributed by atoms with Gasteiger partial charge in [-0.2, -0.15) is 4.98 Å². The van der Waals surface area contributed by atoms with Gasteiger partial charge in [-0.1, -0.05) is 12.1 Å². The minimum Gasteiger partial charge on any atom is -0.370 e. The second kappa shape index (κ2) is 13.8. The van der Waals surface area contributed by atoms with Gasteiger partial charge in [0, 0.05) is 70.0 Å². The van der Waals surface area contributed by atoms with E-state index < -0.39 is 11.2 Å². The van der Waals surface area contributed by atoms with Gasteiger partial charge in [-0.15, -0.1) is 12.4 Å². The average Bonchev–Trinajstić information content (AvgIpc) is 2.89. The summed E-state index contributed by atoms with van der Waals surface area (Å²) in [5.74, 6) is 0.174. The Hall–Kier alpha value is -3.68. The van der Waals surface area contributed by atoms with Crippen molar-refractivity contribution >= 4 is 36.1 Å². The number of guanidine groups is 1. The Bertz CT molecular complexity index is 1260. The molecule has 0 aliphatic carbocycles. The van der Waals surface area contributed by atoms with Crippen LogP contribution in [0.4, 0.5) is 10.6 Å². The maximum absolute atomic E-state index is 12.7. The van der Waals surface area contributed by atoms with Crippen LogP contribution < -0.4 is 27.8 Å². The molecule has 2 aliphatic heterocycles. The third-order valence-electron chi connectivity index (χ3n) is 7.13. The van der Waals surface area contributed by atoms with Gasteiger partial charge in [0.1, 0.15) is 5.82 Å². The van der Waals surface area contributed by atoms with Crippen LogP contribution in [-0.2, 0) is 11.3 Å². The quantitative estimate of drug-likeness (QED) is 0.234. The molecule has 1 aromatic heterocycles. The van der Waals surface area contributed by atoms with E-state index in [0.29, 0.717) is 31.9 Å². The van der Waals surface area contributed by atoms with E-state index in [1.54, 1.807) is 22.1 Å². The average molecular weight is 589 g/mol. The van der Waals surface area contributed by atoms with E-state index in [1.165, 1.54) is 4.57 Å². The molecule has 41 heavy (non-hydrogen) atoms. The van der Waals surface area contributed by atoms with Gasteiger partial charge in [0.2, 0.25) is 5.91 Å². The Morgan fingerprint density at radius 2 is 1.63 bits per heavy atom. The standard InChI is InChI=1S/C27H40N10O3.ClH/c1-27(2,30)17-23(38)35-13-15-36(16-14-35)25(39)32-22-9-12-37(26(40)33-22)21-5-3-19(4-6-21)18-34-10-7-20(8-11-34)31-24(28)29;/h3-6,9,12,20H,7-8,10-11,13-18,30H2,1-2H3,(H4,28,29,31)(H,32,33,39,40);1H. The van der Waals surface area contributed by atoms with Crippen LogP contribution in [0.2, 0.25) is 0 Å². The molecule has 0 radical (unpaired) electrons. The fourth-order valence-corrected chi connectivity index (χ4v) is 4.99. The van der Waals surface area contributed by atoms with Gasteiger partial charge in [-0.25, -0.2) is 9.59 Å². The smallest absolute Gasteiger partial charge is 0.354 e. The minimum absolute atomic E-state index is 0. The molecule has 2 aliphatic rings. The van der Waals surface area contributed by atoms with E-state index in [4.69, 9.17) is 16.9 Å². The summed E-state index contributed by atoms with van der Waals surface area (Å²) in [6, 6.07) is 9.24. The van der Waals surface area contributed by atoms with Crippen molar-refractivity contribution < 1.29 is 9.59 Å². The number of nitrogens with one attached hydrogen (secondary N) is 3. The van der Waals surface area contributed by atoms with E-state index in [2.05, 4.69) is 20.5 Å². The van der Waals surface area contributed by atoms with Crippen molar-refractivity contribution in [3.63, 3.8) is 0 Å². The third kappa shape index (κ3) is 9.17. The first-order valence-corrected chi connectivity index (χ1v) is 13.6. The summed E-state index contributed by atoms with van der Waals surface area (Å²) in [4.78, 5) is 47.6. The number of urea groups is 1. The highest BCUT2D eigenvalue weighted by Gasteiger charge is 2.27. The Morgan fingerprint density at radius 1 is 1.02 bits per heavy atom. The second-order valence-corrected chi connectivity index (χ2v) is 11.2. The minimum atomic E-state index is -0.576. The van der Waals surface area contributed by atoms with Gasteiger partial charge in [-0.05, 0) is 50.5 Å². The van der Waals surface area contributed by atoms with Crippen molar-refractivity contribution in [2.45, 2.75) is 51.2 Å². The van der Waals surface area contributed by atoms with E-state index in [0.717, 1.165) is 38.0 Å². The second-order valence-electron chi connectivity index (χ2n) is 11.2. The van der Waals surface area contributed by atoms with Crippen molar-refractivity contribution in [2.75, 3.05) is 44.6 Å². The number of benzene rings is 1. The van der Waals surface area contributed by atoms with Crippen LogP contribution in [0.3, 0.4) is 0 Å². The molecule has 7 N–H and O–H groups in total. The molecular formula is C27H41ClN10O3. The summed E-state index contributed by atoms with van der Waals surface area (Å²) in [5, 5.41) is 13.1. The number of likely N-dealkylation sites (tertiary alicyclic amines) is 1. The van der Waals surface area contributed by atoms with Gasteiger partial charge in [-0.3, -0.25) is 25.0 Å². The first-order chi connectivity index (χ1) is 19.0. The fourth-order valence-electron chi connectivity index (χ4n) is 4.99. The maximum Gasteiger partial charge on any atom is 0.354 e. The monoisotopic (exact) mass is 588 g/mol. The molecular weight excluding hydrogens is 548 g/mol. The third-order valence-corrected chi connectivity index (χ3v) is 7.13. The Balaban J connectivity index is 0.00000462. The van der Waals surface area contributed by atoms with Gasteiger partial charge >= 0.3 is 11.7 Å². The zero-order chi connectivity index (χ0) is 28.9. The summed E-state index contributed by atoms with van der Waals surface area (Å²) in [6.45, 7) is 7.91. The summed E-state index contributed by atoms with van der Waals surface area (Å²) < 4.78 is 1.43. The number of nitrogens with zero attached hydrogens (tertiary/aromatic N) is 5. The molecule has 224 valence electrons. The predicted octanol–water partition coefficient (Wildman–Crippen LogP) is 0.905. The largest absolute Gasteiger partial charge is 0.370 e. The molecule has 0 spiro atoms. The van der Waals surface area contributed by atoms with Gasteiger partial charge in [0.05, 0.1) is 5.69 Å². The highest BCUT2D eigenvalue weighted by atomic mass is 35.5. The van der Waals surface area contributed by atoms with Gasteiger partial charge in [0.15, 0.2) is 5.96 Å². The molecule has 2 aromatic rings. The van der Waals surface area contributed by atoms with Gasteiger partial charge in [0.25, 0.3) is 0 Å². The number of halogens is 1. The number of rotatable bonds is 7. The Kier molecular flexibility index (Phi) is 10.7. The maximum atomic E-state index is 12.7.